The van der Waals surface area contributed by atoms with Gasteiger partial charge in [-0.2, -0.15) is 0 Å². The third-order valence-corrected chi connectivity index (χ3v) is 13.2. The molecule has 0 amide bonds. The molecule has 0 saturated heterocycles. The zero-order valence-electron chi connectivity index (χ0n) is 26.6. The first kappa shape index (κ1) is 28.3. The molecule has 0 saturated carbocycles. The third-order valence-electron chi connectivity index (χ3n) is 9.82. The predicted molar refractivity (Wildman–Crippen MR) is 221 cm³/mol. The topological polar surface area (TPSA) is 16.1 Å². The second-order valence-corrected chi connectivity index (χ2v) is 16.0. The number of fused-ring (bicyclic) bond motifs is 9. The molecule has 0 unspecified atom stereocenters. The first-order valence-corrected chi connectivity index (χ1v) is 19.1. The van der Waals surface area contributed by atoms with Gasteiger partial charge in [0.1, 0.15) is 5.01 Å². The van der Waals surface area contributed by atoms with Crippen LogP contribution < -0.4 is 4.90 Å². The van der Waals surface area contributed by atoms with Crippen LogP contribution in [0.3, 0.4) is 0 Å². The number of hydrogen-bond donors (Lipinski definition) is 0. The van der Waals surface area contributed by atoms with E-state index in [4.69, 9.17) is 4.98 Å². The van der Waals surface area contributed by atoms with Crippen molar-refractivity contribution in [2.24, 2.45) is 0 Å². The van der Waals surface area contributed by atoms with E-state index in [1.54, 1.807) is 11.3 Å². The zero-order valence-corrected chi connectivity index (χ0v) is 29.1. The van der Waals surface area contributed by atoms with Gasteiger partial charge in [0.25, 0.3) is 0 Å². The average molecular weight is 691 g/mol. The Morgan fingerprint density at radius 2 is 0.880 bits per heavy atom. The highest BCUT2D eigenvalue weighted by Gasteiger charge is 2.17. The maximum absolute atomic E-state index is 4.93. The van der Waals surface area contributed by atoms with E-state index < -0.39 is 0 Å². The van der Waals surface area contributed by atoms with Crippen LogP contribution >= 0.6 is 34.0 Å². The van der Waals surface area contributed by atoms with E-state index in [1.807, 2.05) is 22.7 Å². The molecule has 0 radical (unpaired) electrons. The molecule has 0 aliphatic rings. The Balaban J connectivity index is 1.09. The number of nitrogens with zero attached hydrogens (tertiary/aromatic N) is 2. The first-order valence-electron chi connectivity index (χ1n) is 16.7. The van der Waals surface area contributed by atoms with Gasteiger partial charge in [0, 0.05) is 63.0 Å². The molecule has 0 aliphatic heterocycles. The Hall–Kier alpha value is -5.59. The lowest BCUT2D eigenvalue weighted by Gasteiger charge is -2.26. The molecule has 0 spiro atoms. The van der Waals surface area contributed by atoms with Crippen LogP contribution in [0.4, 0.5) is 17.1 Å². The standard InChI is InChI=1S/C45H26N2S3/c1-4-10-40-35(7-1)37-23-30-21-33(19-15-28(30)25-43(37)48-40)47(32-17-13-27(14-18-32)45-46-39-9-3-6-12-42(39)50-45)34-20-16-29-26-44-38(24-31(29)22-34)36-8-2-5-11-41(36)49-44/h1-26H. The fourth-order valence-corrected chi connectivity index (χ4v) is 10.6. The molecule has 8 aromatic carbocycles. The molecular weight excluding hydrogens is 665 g/mol. The molecule has 11 rings (SSSR count). The number of thiazole rings is 1. The lowest BCUT2D eigenvalue weighted by molar-refractivity contribution is 1.29. The monoisotopic (exact) mass is 690 g/mol. The predicted octanol–water partition coefficient (Wildman–Crippen LogP) is 14.5. The molecule has 0 aliphatic carbocycles. The minimum absolute atomic E-state index is 1.04. The van der Waals surface area contributed by atoms with Gasteiger partial charge < -0.3 is 4.90 Å². The quantitative estimate of drug-likeness (QED) is 0.183. The average Bonchev–Trinajstić information content (AvgIpc) is 3.86. The molecule has 0 bridgehead atoms. The van der Waals surface area contributed by atoms with Gasteiger partial charge in [-0.1, -0.05) is 60.7 Å². The molecule has 234 valence electrons. The molecule has 3 heterocycles. The van der Waals surface area contributed by atoms with Gasteiger partial charge >= 0.3 is 0 Å². The number of hydrogen-bond acceptors (Lipinski definition) is 5. The highest BCUT2D eigenvalue weighted by molar-refractivity contribution is 7.26. The summed E-state index contributed by atoms with van der Waals surface area (Å²) >= 11 is 5.48. The van der Waals surface area contributed by atoms with Crippen molar-refractivity contribution in [3.8, 4) is 10.6 Å². The van der Waals surface area contributed by atoms with Crippen molar-refractivity contribution in [1.82, 2.24) is 4.98 Å². The molecule has 0 fully saturated rings. The van der Waals surface area contributed by atoms with E-state index in [9.17, 15) is 0 Å². The third kappa shape index (κ3) is 4.48. The molecule has 11 aromatic rings. The summed E-state index contributed by atoms with van der Waals surface area (Å²) in [5.41, 5.74) is 5.55. The Labute approximate surface area is 299 Å². The lowest BCUT2D eigenvalue weighted by Crippen LogP contribution is -2.09. The van der Waals surface area contributed by atoms with Crippen molar-refractivity contribution >= 4 is 123 Å². The van der Waals surface area contributed by atoms with Gasteiger partial charge in [-0.25, -0.2) is 4.98 Å². The summed E-state index contributed by atoms with van der Waals surface area (Å²) in [6.45, 7) is 0. The lowest BCUT2D eigenvalue weighted by atomic mass is 10.0. The minimum Gasteiger partial charge on any atom is -0.310 e. The first-order chi connectivity index (χ1) is 24.7. The summed E-state index contributed by atoms with van der Waals surface area (Å²) in [6, 6.07) is 58.0. The van der Waals surface area contributed by atoms with Gasteiger partial charge in [0.2, 0.25) is 0 Å². The van der Waals surface area contributed by atoms with E-state index >= 15 is 0 Å². The Kier molecular flexibility index (Phi) is 6.20. The summed E-state index contributed by atoms with van der Waals surface area (Å²) in [4.78, 5) is 7.33. The molecule has 5 heteroatoms. The normalized spacial score (nSPS) is 12.0. The SMILES string of the molecule is c1ccc2sc(-c3ccc(N(c4ccc5cc6sc7ccccc7c6cc5c4)c4ccc5cc6sc7ccccc7c6cc5c4)cc3)nc2c1. The number of benzene rings is 8. The van der Waals surface area contributed by atoms with Crippen molar-refractivity contribution in [3.63, 3.8) is 0 Å². The van der Waals surface area contributed by atoms with Crippen molar-refractivity contribution in [3.05, 3.63) is 158 Å². The molecule has 0 N–H and O–H groups in total. The van der Waals surface area contributed by atoms with Crippen LogP contribution in [0, 0.1) is 0 Å². The van der Waals surface area contributed by atoms with E-state index in [-0.39, 0.29) is 0 Å². The summed E-state index contributed by atoms with van der Waals surface area (Å²) < 4.78 is 6.53. The number of aromatic nitrogens is 1. The summed E-state index contributed by atoms with van der Waals surface area (Å²) in [5.74, 6) is 0. The number of thiophene rings is 2. The fraction of sp³-hybridized carbons (Fsp3) is 0. The van der Waals surface area contributed by atoms with Crippen LogP contribution in [0.5, 0.6) is 0 Å². The van der Waals surface area contributed by atoms with Crippen LogP contribution in [-0.4, -0.2) is 4.98 Å². The van der Waals surface area contributed by atoms with Crippen LogP contribution in [0.1, 0.15) is 0 Å². The van der Waals surface area contributed by atoms with Gasteiger partial charge in [0.05, 0.1) is 10.2 Å². The van der Waals surface area contributed by atoms with E-state index in [0.717, 1.165) is 33.1 Å². The van der Waals surface area contributed by atoms with Gasteiger partial charge in [-0.05, 0) is 119 Å². The van der Waals surface area contributed by atoms with Crippen LogP contribution in [0.15, 0.2) is 158 Å². The summed E-state index contributed by atoms with van der Waals surface area (Å²) in [7, 11) is 0. The molecule has 0 atom stereocenters. The molecule has 3 aromatic heterocycles. The highest BCUT2D eigenvalue weighted by atomic mass is 32.1. The van der Waals surface area contributed by atoms with Crippen molar-refractivity contribution < 1.29 is 0 Å². The Morgan fingerprint density at radius 3 is 1.46 bits per heavy atom. The van der Waals surface area contributed by atoms with Crippen LogP contribution in [0.2, 0.25) is 0 Å². The van der Waals surface area contributed by atoms with Crippen molar-refractivity contribution in [1.29, 1.82) is 0 Å². The smallest absolute Gasteiger partial charge is 0.124 e. The van der Waals surface area contributed by atoms with Crippen molar-refractivity contribution in [2.45, 2.75) is 0 Å². The molecular formula is C45H26N2S3. The largest absolute Gasteiger partial charge is 0.310 e. The van der Waals surface area contributed by atoms with Crippen LogP contribution in [0.25, 0.3) is 82.7 Å². The second kappa shape index (κ2) is 11.0. The second-order valence-electron chi connectivity index (χ2n) is 12.8. The molecule has 2 nitrogen and oxygen atoms in total. The number of para-hydroxylation sites is 1. The summed E-state index contributed by atoms with van der Waals surface area (Å²) in [6.07, 6.45) is 0. The fourth-order valence-electron chi connectivity index (χ4n) is 7.39. The van der Waals surface area contributed by atoms with E-state index in [0.29, 0.717) is 0 Å². The van der Waals surface area contributed by atoms with Crippen LogP contribution in [-0.2, 0) is 0 Å². The van der Waals surface area contributed by atoms with Gasteiger partial charge in [-0.15, -0.1) is 34.0 Å². The number of anilines is 3. The maximum Gasteiger partial charge on any atom is 0.124 e. The maximum atomic E-state index is 4.93. The zero-order chi connectivity index (χ0) is 32.8. The van der Waals surface area contributed by atoms with E-state index in [2.05, 4.69) is 163 Å². The van der Waals surface area contributed by atoms with E-state index in [1.165, 1.54) is 66.6 Å². The highest BCUT2D eigenvalue weighted by Crippen LogP contribution is 2.43. The number of rotatable bonds is 4. The Bertz CT molecular complexity index is 2920. The molecule has 50 heavy (non-hydrogen) atoms. The van der Waals surface area contributed by atoms with Crippen molar-refractivity contribution in [2.75, 3.05) is 4.90 Å². The van der Waals surface area contributed by atoms with Gasteiger partial charge in [-0.3, -0.25) is 0 Å². The summed E-state index contributed by atoms with van der Waals surface area (Å²) in [5, 5.41) is 11.3. The minimum atomic E-state index is 1.04. The Morgan fingerprint density at radius 1 is 0.360 bits per heavy atom. The van der Waals surface area contributed by atoms with Gasteiger partial charge in [0.15, 0.2) is 0 Å².